The lowest BCUT2D eigenvalue weighted by Gasteiger charge is -2.27. The number of aliphatic hydroxyl groups is 1. The number of carboxylic acids is 1. The first-order valence-corrected chi connectivity index (χ1v) is 12.6. The second-order valence-electron chi connectivity index (χ2n) is 8.61. The fraction of sp³-hybridized carbons (Fsp3) is 0.640. The van der Waals surface area contributed by atoms with Gasteiger partial charge in [0.05, 0.1) is 18.3 Å². The van der Waals surface area contributed by atoms with E-state index in [1.807, 2.05) is 42.1 Å². The van der Waals surface area contributed by atoms with Crippen LogP contribution in [0.3, 0.4) is 0 Å². The molecule has 2 bridgehead atoms. The van der Waals surface area contributed by atoms with E-state index in [1.165, 1.54) is 32.1 Å². The van der Waals surface area contributed by atoms with Crippen LogP contribution in [-0.2, 0) is 9.53 Å². The maximum atomic E-state index is 10.6. The molecular weight excluding hydrogens is 396 g/mol. The molecule has 2 N–H and O–H groups in total. The highest BCUT2D eigenvalue weighted by molar-refractivity contribution is 7.99. The number of ether oxygens (including phenoxy) is 1. The lowest BCUT2D eigenvalue weighted by atomic mass is 9.75. The second-order valence-corrected chi connectivity index (χ2v) is 9.76. The van der Waals surface area contributed by atoms with E-state index >= 15 is 0 Å². The topological polar surface area (TPSA) is 66.8 Å². The Balaban J connectivity index is 1.30. The van der Waals surface area contributed by atoms with Gasteiger partial charge in [-0.1, -0.05) is 48.9 Å². The van der Waals surface area contributed by atoms with Crippen molar-refractivity contribution in [3.63, 3.8) is 0 Å². The van der Waals surface area contributed by atoms with E-state index in [4.69, 9.17) is 9.84 Å². The lowest BCUT2D eigenvalue weighted by molar-refractivity contribution is -0.137. The van der Waals surface area contributed by atoms with E-state index in [1.54, 1.807) is 0 Å². The minimum absolute atomic E-state index is 0.255. The van der Waals surface area contributed by atoms with Gasteiger partial charge in [-0.2, -0.15) is 11.8 Å². The molecule has 0 amide bonds. The van der Waals surface area contributed by atoms with Crippen LogP contribution in [0.2, 0.25) is 0 Å². The summed E-state index contributed by atoms with van der Waals surface area (Å²) < 4.78 is 6.22. The molecule has 0 radical (unpaired) electrons. The summed E-state index contributed by atoms with van der Waals surface area (Å²) in [5.74, 6) is 2.45. The minimum Gasteiger partial charge on any atom is -0.481 e. The van der Waals surface area contributed by atoms with Gasteiger partial charge < -0.3 is 14.9 Å². The second kappa shape index (κ2) is 12.5. The number of aliphatic hydroxyl groups excluding tert-OH is 1. The first kappa shape index (κ1) is 23.4. The summed E-state index contributed by atoms with van der Waals surface area (Å²) in [5.41, 5.74) is 1.00. The summed E-state index contributed by atoms with van der Waals surface area (Å²) in [4.78, 5) is 10.6. The van der Waals surface area contributed by atoms with Gasteiger partial charge in [0.1, 0.15) is 0 Å². The molecule has 1 aromatic rings. The summed E-state index contributed by atoms with van der Waals surface area (Å²) in [7, 11) is 0. The molecular formula is C25H36O4S. The van der Waals surface area contributed by atoms with Crippen molar-refractivity contribution in [1.29, 1.82) is 0 Å². The molecule has 2 saturated heterocycles. The predicted molar refractivity (Wildman–Crippen MR) is 123 cm³/mol. The van der Waals surface area contributed by atoms with Gasteiger partial charge in [0.15, 0.2) is 0 Å². The zero-order valence-corrected chi connectivity index (χ0v) is 18.6. The molecule has 0 aliphatic carbocycles. The number of unbranched alkanes of at least 4 members (excludes halogenated alkanes) is 2. The highest BCUT2D eigenvalue weighted by atomic mass is 32.2. The van der Waals surface area contributed by atoms with Gasteiger partial charge in [0.2, 0.25) is 0 Å². The van der Waals surface area contributed by atoms with Crippen LogP contribution in [0.4, 0.5) is 0 Å². The third kappa shape index (κ3) is 7.14. The average Bonchev–Trinajstić information content (AvgIpc) is 3.35. The van der Waals surface area contributed by atoms with Crippen molar-refractivity contribution in [2.24, 2.45) is 11.8 Å². The van der Waals surface area contributed by atoms with E-state index < -0.39 is 5.97 Å². The molecule has 2 heterocycles. The Kier molecular flexibility index (Phi) is 9.76. The Morgan fingerprint density at radius 2 is 1.87 bits per heavy atom. The Morgan fingerprint density at radius 1 is 1.10 bits per heavy atom. The van der Waals surface area contributed by atoms with Gasteiger partial charge >= 0.3 is 5.97 Å². The number of carboxylic acid groups (broad SMARTS) is 1. The van der Waals surface area contributed by atoms with Gasteiger partial charge in [-0.3, -0.25) is 4.79 Å². The van der Waals surface area contributed by atoms with Crippen molar-refractivity contribution in [3.8, 4) is 0 Å². The van der Waals surface area contributed by atoms with Crippen LogP contribution in [0.25, 0.3) is 0 Å². The summed E-state index contributed by atoms with van der Waals surface area (Å²) in [6.07, 6.45) is 13.9. The number of carbonyl (C=O) groups is 1. The van der Waals surface area contributed by atoms with E-state index in [0.29, 0.717) is 24.0 Å². The van der Waals surface area contributed by atoms with Crippen LogP contribution in [0.1, 0.15) is 69.5 Å². The van der Waals surface area contributed by atoms with Crippen molar-refractivity contribution in [1.82, 2.24) is 0 Å². The Morgan fingerprint density at radius 3 is 2.63 bits per heavy atom. The number of rotatable bonds is 14. The third-order valence-electron chi connectivity index (χ3n) is 6.46. The number of allylic oxidation sites excluding steroid dienone is 2. The fourth-order valence-corrected chi connectivity index (χ4v) is 5.88. The minimum atomic E-state index is -0.710. The number of benzene rings is 1. The molecule has 0 aromatic heterocycles. The van der Waals surface area contributed by atoms with Crippen LogP contribution < -0.4 is 0 Å². The highest BCUT2D eigenvalue weighted by Gasteiger charge is 2.47. The van der Waals surface area contributed by atoms with Gasteiger partial charge in [-0.15, -0.1) is 0 Å². The molecule has 2 aliphatic rings. The summed E-state index contributed by atoms with van der Waals surface area (Å²) >= 11 is 1.84. The standard InChI is InChI=1S/C25H36O4S/c26-22(19-10-4-3-5-11-19)18-30-17-9-8-13-21-20(23-15-16-24(21)29-23)12-6-1-2-7-14-25(27)28/h1,3-6,10-11,20-24,26H,2,7-9,12-18H2,(H,27,28)/t20-,21+,22?,23-,24+/m1/s1. The largest absolute Gasteiger partial charge is 0.481 e. The SMILES string of the molecule is O=C(O)CCCC=CC[C@@H]1[C@H](CCCCSCC(O)c2ccccc2)[C@@H]2CC[C@H]1O2. The van der Waals surface area contributed by atoms with E-state index in [-0.39, 0.29) is 12.5 Å². The van der Waals surface area contributed by atoms with Gasteiger partial charge in [0, 0.05) is 12.2 Å². The van der Waals surface area contributed by atoms with E-state index in [2.05, 4.69) is 12.2 Å². The first-order valence-electron chi connectivity index (χ1n) is 11.5. The number of hydrogen-bond acceptors (Lipinski definition) is 4. The summed E-state index contributed by atoms with van der Waals surface area (Å²) in [6.45, 7) is 0. The van der Waals surface area contributed by atoms with Crippen LogP contribution >= 0.6 is 11.8 Å². The number of hydrogen-bond donors (Lipinski definition) is 2. The van der Waals surface area contributed by atoms with Crippen molar-refractivity contribution in [3.05, 3.63) is 48.0 Å². The van der Waals surface area contributed by atoms with E-state index in [9.17, 15) is 9.90 Å². The molecule has 1 unspecified atom stereocenters. The van der Waals surface area contributed by atoms with Crippen LogP contribution in [0, 0.1) is 11.8 Å². The number of thioether (sulfide) groups is 1. The Labute approximate surface area is 185 Å². The van der Waals surface area contributed by atoms with Crippen molar-refractivity contribution in [2.75, 3.05) is 11.5 Å². The predicted octanol–water partition coefficient (Wildman–Crippen LogP) is 5.62. The van der Waals surface area contributed by atoms with E-state index in [0.717, 1.165) is 36.3 Å². The summed E-state index contributed by atoms with van der Waals surface area (Å²) in [5, 5.41) is 19.0. The zero-order chi connectivity index (χ0) is 21.2. The molecule has 166 valence electrons. The highest BCUT2D eigenvalue weighted by Crippen LogP contribution is 2.47. The molecule has 0 spiro atoms. The van der Waals surface area contributed by atoms with Gasteiger partial charge in [0.25, 0.3) is 0 Å². The maximum Gasteiger partial charge on any atom is 0.303 e. The number of fused-ring (bicyclic) bond motifs is 2. The third-order valence-corrected chi connectivity index (χ3v) is 7.59. The molecule has 1 aromatic carbocycles. The summed E-state index contributed by atoms with van der Waals surface area (Å²) in [6, 6.07) is 9.90. The van der Waals surface area contributed by atoms with Crippen molar-refractivity contribution >= 4 is 17.7 Å². The quantitative estimate of drug-likeness (QED) is 0.295. The van der Waals surface area contributed by atoms with Crippen molar-refractivity contribution in [2.45, 2.75) is 76.1 Å². The van der Waals surface area contributed by atoms with Gasteiger partial charge in [-0.25, -0.2) is 0 Å². The van der Waals surface area contributed by atoms with Crippen LogP contribution in [0.5, 0.6) is 0 Å². The molecule has 4 nitrogen and oxygen atoms in total. The maximum absolute atomic E-state index is 10.6. The van der Waals surface area contributed by atoms with Gasteiger partial charge in [-0.05, 0) is 68.1 Å². The zero-order valence-electron chi connectivity index (χ0n) is 17.8. The lowest BCUT2D eigenvalue weighted by Crippen LogP contribution is -2.26. The fourth-order valence-electron chi connectivity index (χ4n) is 4.89. The first-order chi connectivity index (χ1) is 14.6. The average molecular weight is 433 g/mol. The molecule has 2 fully saturated rings. The van der Waals surface area contributed by atoms with Crippen LogP contribution in [-0.4, -0.2) is 39.9 Å². The molecule has 0 saturated carbocycles. The molecule has 3 rings (SSSR count). The molecule has 30 heavy (non-hydrogen) atoms. The Bertz CT molecular complexity index is 662. The normalized spacial score (nSPS) is 26.4. The smallest absolute Gasteiger partial charge is 0.303 e. The molecule has 5 atom stereocenters. The number of aliphatic carboxylic acids is 1. The van der Waals surface area contributed by atoms with Crippen molar-refractivity contribution < 1.29 is 19.7 Å². The molecule has 5 heteroatoms. The Hall–Kier alpha value is -1.30. The van der Waals surface area contributed by atoms with Crippen LogP contribution in [0.15, 0.2) is 42.5 Å². The monoisotopic (exact) mass is 432 g/mol. The molecule has 2 aliphatic heterocycles.